The number of hydrogen-bond donors (Lipinski definition) is 1. The predicted molar refractivity (Wildman–Crippen MR) is 83.3 cm³/mol. The lowest BCUT2D eigenvalue weighted by Crippen LogP contribution is -2.61. The van der Waals surface area contributed by atoms with Crippen LogP contribution in [0.4, 0.5) is 5.82 Å². The van der Waals surface area contributed by atoms with Crippen molar-refractivity contribution in [3.8, 4) is 0 Å². The lowest BCUT2D eigenvalue weighted by atomic mass is 9.89. The monoisotopic (exact) mass is 288 g/mol. The summed E-state index contributed by atoms with van der Waals surface area (Å²) < 4.78 is 0. The molecule has 0 radical (unpaired) electrons. The molecule has 1 aromatic heterocycles. The van der Waals surface area contributed by atoms with Gasteiger partial charge in [-0.05, 0) is 44.9 Å². The molecule has 114 valence electrons. The summed E-state index contributed by atoms with van der Waals surface area (Å²) >= 11 is 0. The summed E-state index contributed by atoms with van der Waals surface area (Å²) in [7, 11) is 0. The Hall–Kier alpha value is -1.62. The van der Waals surface area contributed by atoms with E-state index in [1.807, 2.05) is 29.3 Å². The Kier molecular flexibility index (Phi) is 4.10. The molecule has 2 aliphatic rings. The normalized spacial score (nSPS) is 26.7. The van der Waals surface area contributed by atoms with Gasteiger partial charge in [0.15, 0.2) is 0 Å². The van der Waals surface area contributed by atoms with Gasteiger partial charge in [-0.2, -0.15) is 0 Å². The van der Waals surface area contributed by atoms with Crippen LogP contribution in [-0.4, -0.2) is 54.1 Å². The number of hydrogen-bond acceptors (Lipinski definition) is 4. The van der Waals surface area contributed by atoms with Crippen molar-refractivity contribution in [3.05, 3.63) is 24.4 Å². The van der Waals surface area contributed by atoms with Crippen LogP contribution in [0.25, 0.3) is 0 Å². The van der Waals surface area contributed by atoms with E-state index in [0.717, 1.165) is 51.4 Å². The van der Waals surface area contributed by atoms with Crippen molar-refractivity contribution in [2.24, 2.45) is 0 Å². The van der Waals surface area contributed by atoms with Gasteiger partial charge in [0.2, 0.25) is 5.91 Å². The number of piperazine rings is 1. The van der Waals surface area contributed by atoms with E-state index in [1.165, 1.54) is 6.42 Å². The van der Waals surface area contributed by atoms with E-state index in [-0.39, 0.29) is 11.4 Å². The number of pyridine rings is 1. The highest BCUT2D eigenvalue weighted by Gasteiger charge is 2.38. The second-order valence-corrected chi connectivity index (χ2v) is 6.18. The summed E-state index contributed by atoms with van der Waals surface area (Å²) in [4.78, 5) is 21.4. The van der Waals surface area contributed by atoms with E-state index in [2.05, 4.69) is 22.1 Å². The first kappa shape index (κ1) is 14.3. The number of carbonyl (C=O) groups excluding carboxylic acids is 1. The van der Waals surface area contributed by atoms with Crippen molar-refractivity contribution in [3.63, 3.8) is 0 Å². The molecule has 2 aliphatic heterocycles. The molecular formula is C16H24N4O. The SMILES string of the molecule is CC1(C(=O)N2CCN(c3ccccn3)CC2)CCCCN1. The van der Waals surface area contributed by atoms with Gasteiger partial charge < -0.3 is 15.1 Å². The summed E-state index contributed by atoms with van der Waals surface area (Å²) in [5.74, 6) is 1.27. The van der Waals surface area contributed by atoms with Gasteiger partial charge in [0.05, 0.1) is 5.54 Å². The van der Waals surface area contributed by atoms with Gasteiger partial charge >= 0.3 is 0 Å². The van der Waals surface area contributed by atoms with E-state index >= 15 is 0 Å². The fourth-order valence-corrected chi connectivity index (χ4v) is 3.27. The maximum absolute atomic E-state index is 12.7. The molecule has 2 saturated heterocycles. The zero-order valence-corrected chi connectivity index (χ0v) is 12.7. The third-order valence-electron chi connectivity index (χ3n) is 4.63. The van der Waals surface area contributed by atoms with Gasteiger partial charge in [0.1, 0.15) is 5.82 Å². The van der Waals surface area contributed by atoms with Crippen molar-refractivity contribution >= 4 is 11.7 Å². The van der Waals surface area contributed by atoms with Crippen LogP contribution in [0, 0.1) is 0 Å². The van der Waals surface area contributed by atoms with Crippen LogP contribution in [0.2, 0.25) is 0 Å². The molecule has 3 heterocycles. The molecule has 5 nitrogen and oxygen atoms in total. The molecular weight excluding hydrogens is 264 g/mol. The quantitative estimate of drug-likeness (QED) is 0.890. The molecule has 1 aromatic rings. The molecule has 0 saturated carbocycles. The maximum atomic E-state index is 12.7. The molecule has 1 N–H and O–H groups in total. The average molecular weight is 288 g/mol. The molecule has 3 rings (SSSR count). The highest BCUT2D eigenvalue weighted by atomic mass is 16.2. The van der Waals surface area contributed by atoms with Gasteiger partial charge in [-0.25, -0.2) is 4.98 Å². The number of rotatable bonds is 2. The smallest absolute Gasteiger partial charge is 0.242 e. The van der Waals surface area contributed by atoms with Gasteiger partial charge in [0, 0.05) is 32.4 Å². The summed E-state index contributed by atoms with van der Waals surface area (Å²) in [5.41, 5.74) is -0.356. The van der Waals surface area contributed by atoms with Crippen LogP contribution in [-0.2, 0) is 4.79 Å². The maximum Gasteiger partial charge on any atom is 0.242 e. The van der Waals surface area contributed by atoms with Crippen molar-refractivity contribution < 1.29 is 4.79 Å². The summed E-state index contributed by atoms with van der Waals surface area (Å²) in [6.07, 6.45) is 5.09. The van der Waals surface area contributed by atoms with Gasteiger partial charge in [-0.15, -0.1) is 0 Å². The van der Waals surface area contributed by atoms with E-state index in [0.29, 0.717) is 0 Å². The zero-order valence-electron chi connectivity index (χ0n) is 12.7. The molecule has 0 aromatic carbocycles. The molecule has 21 heavy (non-hydrogen) atoms. The number of amides is 1. The van der Waals surface area contributed by atoms with Crippen molar-refractivity contribution in [1.29, 1.82) is 0 Å². The summed E-state index contributed by atoms with van der Waals surface area (Å²) in [6, 6.07) is 5.97. The van der Waals surface area contributed by atoms with Crippen LogP contribution in [0.3, 0.4) is 0 Å². The number of anilines is 1. The number of nitrogens with one attached hydrogen (secondary N) is 1. The minimum Gasteiger partial charge on any atom is -0.353 e. The summed E-state index contributed by atoms with van der Waals surface area (Å²) in [5, 5.41) is 3.42. The van der Waals surface area contributed by atoms with Gasteiger partial charge in [-0.1, -0.05) is 6.07 Å². The third kappa shape index (κ3) is 3.02. The Labute approximate surface area is 126 Å². The lowest BCUT2D eigenvalue weighted by Gasteiger charge is -2.42. The topological polar surface area (TPSA) is 48.5 Å². The molecule has 0 aliphatic carbocycles. The Morgan fingerprint density at radius 3 is 2.67 bits per heavy atom. The van der Waals surface area contributed by atoms with Crippen LogP contribution >= 0.6 is 0 Å². The standard InChI is InChI=1S/C16H24N4O/c1-16(7-3-5-9-18-16)15(21)20-12-10-19(11-13-20)14-6-2-4-8-17-14/h2,4,6,8,18H,3,5,7,9-13H2,1H3. The van der Waals surface area contributed by atoms with E-state index in [1.54, 1.807) is 0 Å². The molecule has 1 amide bonds. The van der Waals surface area contributed by atoms with Crippen molar-refractivity contribution in [1.82, 2.24) is 15.2 Å². The number of piperidine rings is 1. The minimum atomic E-state index is -0.356. The second-order valence-electron chi connectivity index (χ2n) is 6.18. The molecule has 1 atom stereocenters. The number of aromatic nitrogens is 1. The first-order chi connectivity index (χ1) is 10.2. The average Bonchev–Trinajstić information content (AvgIpc) is 2.56. The van der Waals surface area contributed by atoms with E-state index in [9.17, 15) is 4.79 Å². The molecule has 1 unspecified atom stereocenters. The largest absolute Gasteiger partial charge is 0.353 e. The van der Waals surface area contributed by atoms with Crippen molar-refractivity contribution in [2.45, 2.75) is 31.7 Å². The minimum absolute atomic E-state index is 0.267. The second kappa shape index (κ2) is 6.02. The highest BCUT2D eigenvalue weighted by molar-refractivity contribution is 5.86. The van der Waals surface area contributed by atoms with Gasteiger partial charge in [-0.3, -0.25) is 4.79 Å². The Morgan fingerprint density at radius 2 is 2.05 bits per heavy atom. The van der Waals surface area contributed by atoms with Crippen LogP contribution in [0.15, 0.2) is 24.4 Å². The molecule has 0 spiro atoms. The Balaban J connectivity index is 1.59. The van der Waals surface area contributed by atoms with Crippen LogP contribution in [0.1, 0.15) is 26.2 Å². The first-order valence-electron chi connectivity index (χ1n) is 7.89. The Bertz CT molecular complexity index is 476. The number of nitrogens with zero attached hydrogens (tertiary/aromatic N) is 3. The molecule has 5 heteroatoms. The van der Waals surface area contributed by atoms with Gasteiger partial charge in [0.25, 0.3) is 0 Å². The first-order valence-corrected chi connectivity index (χ1v) is 7.89. The predicted octanol–water partition coefficient (Wildman–Crippen LogP) is 1.26. The molecule has 2 fully saturated rings. The van der Waals surface area contributed by atoms with E-state index < -0.39 is 0 Å². The van der Waals surface area contributed by atoms with Crippen LogP contribution < -0.4 is 10.2 Å². The zero-order chi connectivity index (χ0) is 14.7. The summed E-state index contributed by atoms with van der Waals surface area (Å²) in [6.45, 7) is 6.30. The highest BCUT2D eigenvalue weighted by Crippen LogP contribution is 2.22. The van der Waals surface area contributed by atoms with E-state index in [4.69, 9.17) is 0 Å². The Morgan fingerprint density at radius 1 is 1.24 bits per heavy atom. The van der Waals surface area contributed by atoms with Crippen molar-refractivity contribution in [2.75, 3.05) is 37.6 Å². The fourth-order valence-electron chi connectivity index (χ4n) is 3.27. The number of carbonyl (C=O) groups is 1. The van der Waals surface area contributed by atoms with Crippen LogP contribution in [0.5, 0.6) is 0 Å². The lowest BCUT2D eigenvalue weighted by molar-refractivity contribution is -0.139. The third-order valence-corrected chi connectivity index (χ3v) is 4.63. The molecule has 0 bridgehead atoms. The fraction of sp³-hybridized carbons (Fsp3) is 0.625.